The highest BCUT2D eigenvalue weighted by Crippen LogP contribution is 2.28. The fourth-order valence-corrected chi connectivity index (χ4v) is 2.88. The number of amides is 3. The molecule has 0 radical (unpaired) electrons. The molecule has 3 heterocycles. The third-order valence-electron chi connectivity index (χ3n) is 4.08. The molecule has 0 aromatic carbocycles. The molecular formula is C13H20N2O5. The van der Waals surface area contributed by atoms with Gasteiger partial charge in [-0.05, 0) is 6.42 Å². The van der Waals surface area contributed by atoms with Crippen LogP contribution in [0.3, 0.4) is 0 Å². The minimum Gasteiger partial charge on any atom is -0.381 e. The van der Waals surface area contributed by atoms with E-state index < -0.39 is 5.54 Å². The third-order valence-corrected chi connectivity index (χ3v) is 4.08. The van der Waals surface area contributed by atoms with Gasteiger partial charge in [0.05, 0.1) is 13.2 Å². The Morgan fingerprint density at radius 1 is 1.15 bits per heavy atom. The van der Waals surface area contributed by atoms with Crippen LogP contribution < -0.4 is 5.32 Å². The first kappa shape index (κ1) is 13.8. The van der Waals surface area contributed by atoms with Gasteiger partial charge in [-0.3, -0.25) is 9.69 Å². The zero-order chi connectivity index (χ0) is 14.0. The first-order chi connectivity index (χ1) is 9.71. The van der Waals surface area contributed by atoms with Crippen molar-refractivity contribution in [2.24, 2.45) is 0 Å². The average molecular weight is 284 g/mol. The number of hydrogen-bond acceptors (Lipinski definition) is 5. The molecule has 0 aromatic heterocycles. The summed E-state index contributed by atoms with van der Waals surface area (Å²) in [4.78, 5) is 25.8. The fourth-order valence-electron chi connectivity index (χ4n) is 2.88. The van der Waals surface area contributed by atoms with Crippen LogP contribution in [-0.4, -0.2) is 61.6 Å². The highest BCUT2D eigenvalue weighted by atomic mass is 16.7. The number of rotatable bonds is 3. The quantitative estimate of drug-likeness (QED) is 0.751. The van der Waals surface area contributed by atoms with Crippen molar-refractivity contribution in [1.29, 1.82) is 0 Å². The van der Waals surface area contributed by atoms with E-state index in [1.54, 1.807) is 0 Å². The van der Waals surface area contributed by atoms with Gasteiger partial charge in [-0.15, -0.1) is 0 Å². The van der Waals surface area contributed by atoms with Crippen molar-refractivity contribution < 1.29 is 23.8 Å². The topological polar surface area (TPSA) is 77.1 Å². The molecule has 3 rings (SSSR count). The molecule has 1 spiro atoms. The SMILES string of the molecule is O=C1NC2(CCOCC2)C(=O)N1CCC1OCCCO1. The summed E-state index contributed by atoms with van der Waals surface area (Å²) in [5, 5.41) is 2.83. The Balaban J connectivity index is 1.58. The summed E-state index contributed by atoms with van der Waals surface area (Å²) in [6.45, 7) is 2.69. The van der Waals surface area contributed by atoms with Gasteiger partial charge in [0.1, 0.15) is 5.54 Å². The molecule has 0 unspecified atom stereocenters. The van der Waals surface area contributed by atoms with Crippen LogP contribution in [0.15, 0.2) is 0 Å². The lowest BCUT2D eigenvalue weighted by molar-refractivity contribution is -0.182. The number of carbonyl (C=O) groups is 2. The van der Waals surface area contributed by atoms with Gasteiger partial charge in [0.25, 0.3) is 5.91 Å². The van der Waals surface area contributed by atoms with E-state index in [0.29, 0.717) is 52.2 Å². The van der Waals surface area contributed by atoms with Crippen LogP contribution >= 0.6 is 0 Å². The van der Waals surface area contributed by atoms with Crippen molar-refractivity contribution in [2.75, 3.05) is 33.0 Å². The molecule has 0 saturated carbocycles. The Morgan fingerprint density at radius 2 is 1.85 bits per heavy atom. The molecule has 0 aromatic rings. The summed E-state index contributed by atoms with van der Waals surface area (Å²) in [7, 11) is 0. The zero-order valence-electron chi connectivity index (χ0n) is 11.4. The van der Waals surface area contributed by atoms with E-state index in [0.717, 1.165) is 6.42 Å². The summed E-state index contributed by atoms with van der Waals surface area (Å²) in [6, 6.07) is -0.312. The molecule has 1 N–H and O–H groups in total. The van der Waals surface area contributed by atoms with Gasteiger partial charge >= 0.3 is 6.03 Å². The molecule has 0 atom stereocenters. The molecule has 20 heavy (non-hydrogen) atoms. The maximum Gasteiger partial charge on any atom is 0.325 e. The minimum absolute atomic E-state index is 0.137. The second-order valence-corrected chi connectivity index (χ2v) is 5.39. The van der Waals surface area contributed by atoms with Crippen molar-refractivity contribution in [1.82, 2.24) is 10.2 Å². The summed E-state index contributed by atoms with van der Waals surface area (Å²) < 4.78 is 16.1. The Kier molecular flexibility index (Phi) is 3.91. The van der Waals surface area contributed by atoms with E-state index in [4.69, 9.17) is 14.2 Å². The third kappa shape index (κ3) is 2.53. The number of nitrogens with one attached hydrogen (secondary N) is 1. The number of hydrogen-bond donors (Lipinski definition) is 1. The van der Waals surface area contributed by atoms with Crippen molar-refractivity contribution in [3.8, 4) is 0 Å². The minimum atomic E-state index is -0.746. The van der Waals surface area contributed by atoms with E-state index in [2.05, 4.69) is 5.32 Å². The highest BCUT2D eigenvalue weighted by molar-refractivity contribution is 6.07. The molecule has 0 aliphatic carbocycles. The predicted octanol–water partition coefficient (Wildman–Crippen LogP) is 0.241. The van der Waals surface area contributed by atoms with Gasteiger partial charge in [-0.1, -0.05) is 0 Å². The lowest BCUT2D eigenvalue weighted by Crippen LogP contribution is -2.51. The zero-order valence-corrected chi connectivity index (χ0v) is 11.4. The maximum absolute atomic E-state index is 12.5. The van der Waals surface area contributed by atoms with Gasteiger partial charge in [-0.25, -0.2) is 4.79 Å². The molecule has 0 bridgehead atoms. The van der Waals surface area contributed by atoms with E-state index >= 15 is 0 Å². The number of ether oxygens (including phenoxy) is 3. The molecule has 3 amide bonds. The Bertz CT molecular complexity index is 388. The van der Waals surface area contributed by atoms with E-state index in [1.807, 2.05) is 0 Å². The van der Waals surface area contributed by atoms with Gasteiger partial charge in [0, 0.05) is 39.0 Å². The van der Waals surface area contributed by atoms with Gasteiger partial charge in [0.15, 0.2) is 6.29 Å². The molecule has 3 fully saturated rings. The van der Waals surface area contributed by atoms with Gasteiger partial charge in [-0.2, -0.15) is 0 Å². The summed E-state index contributed by atoms with van der Waals surface area (Å²) in [6.07, 6.45) is 2.19. The molecule has 7 heteroatoms. The molecule has 7 nitrogen and oxygen atoms in total. The molecule has 3 aliphatic rings. The van der Waals surface area contributed by atoms with Crippen LogP contribution in [0.4, 0.5) is 4.79 Å². The monoisotopic (exact) mass is 284 g/mol. The van der Waals surface area contributed by atoms with Crippen molar-refractivity contribution in [2.45, 2.75) is 37.5 Å². The largest absolute Gasteiger partial charge is 0.381 e. The number of imide groups is 1. The molecular weight excluding hydrogens is 264 g/mol. The Labute approximate surface area is 117 Å². The van der Waals surface area contributed by atoms with Crippen LogP contribution in [0, 0.1) is 0 Å². The number of carbonyl (C=O) groups excluding carboxylic acids is 2. The van der Waals surface area contributed by atoms with Gasteiger partial charge < -0.3 is 19.5 Å². The van der Waals surface area contributed by atoms with E-state index in [9.17, 15) is 9.59 Å². The van der Waals surface area contributed by atoms with E-state index in [-0.39, 0.29) is 18.2 Å². The lowest BCUT2D eigenvalue weighted by Gasteiger charge is -2.30. The summed E-state index contributed by atoms with van der Waals surface area (Å²) in [5.74, 6) is -0.137. The van der Waals surface area contributed by atoms with Crippen LogP contribution in [0.1, 0.15) is 25.7 Å². The van der Waals surface area contributed by atoms with Crippen molar-refractivity contribution in [3.63, 3.8) is 0 Å². The van der Waals surface area contributed by atoms with E-state index in [1.165, 1.54) is 4.90 Å². The van der Waals surface area contributed by atoms with Crippen LogP contribution in [0.25, 0.3) is 0 Å². The second-order valence-electron chi connectivity index (χ2n) is 5.39. The van der Waals surface area contributed by atoms with Crippen LogP contribution in [-0.2, 0) is 19.0 Å². The fraction of sp³-hybridized carbons (Fsp3) is 0.846. The molecule has 3 saturated heterocycles. The van der Waals surface area contributed by atoms with Crippen molar-refractivity contribution in [3.05, 3.63) is 0 Å². The second kappa shape index (κ2) is 5.67. The number of nitrogens with zero attached hydrogens (tertiary/aromatic N) is 1. The average Bonchev–Trinajstić information content (AvgIpc) is 2.70. The molecule has 112 valence electrons. The van der Waals surface area contributed by atoms with Gasteiger partial charge in [0.2, 0.25) is 0 Å². The number of urea groups is 1. The van der Waals surface area contributed by atoms with Crippen LogP contribution in [0.2, 0.25) is 0 Å². The molecule has 3 aliphatic heterocycles. The standard InChI is InChI=1S/C13H20N2O5/c16-11-13(3-8-18-9-4-13)14-12(17)15(11)5-2-10-19-6-1-7-20-10/h10H,1-9H2,(H,14,17). The first-order valence-corrected chi connectivity index (χ1v) is 7.16. The smallest absolute Gasteiger partial charge is 0.325 e. The lowest BCUT2D eigenvalue weighted by atomic mass is 9.90. The highest BCUT2D eigenvalue weighted by Gasteiger charge is 2.51. The first-order valence-electron chi connectivity index (χ1n) is 7.16. The normalized spacial score (nSPS) is 27.1. The Morgan fingerprint density at radius 3 is 2.55 bits per heavy atom. The predicted molar refractivity (Wildman–Crippen MR) is 68.0 cm³/mol. The maximum atomic E-state index is 12.5. The van der Waals surface area contributed by atoms with Crippen molar-refractivity contribution >= 4 is 11.9 Å². The van der Waals surface area contributed by atoms with Crippen LogP contribution in [0.5, 0.6) is 0 Å². The Hall–Kier alpha value is -1.18. The summed E-state index contributed by atoms with van der Waals surface area (Å²) in [5.41, 5.74) is -0.746. The summed E-state index contributed by atoms with van der Waals surface area (Å²) >= 11 is 0.